The smallest absolute Gasteiger partial charge is 0.349 e. The van der Waals surface area contributed by atoms with Gasteiger partial charge in [0, 0.05) is 11.6 Å². The zero-order chi connectivity index (χ0) is 15.7. The van der Waals surface area contributed by atoms with Crippen LogP contribution in [0.3, 0.4) is 0 Å². The molecule has 1 aliphatic rings. The molecule has 1 aliphatic carbocycles. The van der Waals surface area contributed by atoms with Crippen molar-refractivity contribution >= 4 is 16.9 Å². The third-order valence-corrected chi connectivity index (χ3v) is 4.05. The number of carbonyl (C=O) groups is 1. The number of amides is 1. The monoisotopic (exact) mass is 312 g/mol. The molecular weight excluding hydrogens is 297 g/mol. The van der Waals surface area contributed by atoms with Gasteiger partial charge in [-0.15, -0.1) is 0 Å². The van der Waals surface area contributed by atoms with Crippen LogP contribution < -0.4 is 5.32 Å². The predicted molar refractivity (Wildman–Crippen MR) is 73.2 cm³/mol. The minimum atomic E-state index is -4.19. The van der Waals surface area contributed by atoms with Crippen molar-refractivity contribution in [2.75, 3.05) is 0 Å². The molecule has 0 saturated heterocycles. The summed E-state index contributed by atoms with van der Waals surface area (Å²) < 4.78 is 38.3. The Balaban J connectivity index is 1.68. The van der Waals surface area contributed by atoms with Crippen molar-refractivity contribution in [2.45, 2.75) is 37.9 Å². The number of rotatable bonds is 2. The minimum absolute atomic E-state index is 0.0541. The Bertz CT molecular complexity index is 682. The third kappa shape index (κ3) is 3.05. The molecule has 8 heteroatoms. The highest BCUT2D eigenvalue weighted by Crippen LogP contribution is 2.37. The van der Waals surface area contributed by atoms with Gasteiger partial charge in [0.05, 0.1) is 5.92 Å². The number of H-pyrrole nitrogens is 1. The van der Waals surface area contributed by atoms with E-state index < -0.39 is 18.1 Å². The third-order valence-electron chi connectivity index (χ3n) is 4.05. The molecule has 22 heavy (non-hydrogen) atoms. The van der Waals surface area contributed by atoms with Crippen LogP contribution in [0.5, 0.6) is 0 Å². The van der Waals surface area contributed by atoms with Crippen LogP contribution in [0.2, 0.25) is 0 Å². The molecular formula is C14H15F3N4O. The lowest BCUT2D eigenvalue weighted by molar-refractivity contribution is -0.183. The minimum Gasteiger partial charge on any atom is -0.349 e. The average Bonchev–Trinajstić information content (AvgIpc) is 2.94. The zero-order valence-electron chi connectivity index (χ0n) is 11.7. The summed E-state index contributed by atoms with van der Waals surface area (Å²) in [5.41, 5.74) is 1.55. The van der Waals surface area contributed by atoms with Gasteiger partial charge in [0.2, 0.25) is 0 Å². The molecule has 2 aromatic rings. The summed E-state index contributed by atoms with van der Waals surface area (Å²) >= 11 is 0. The lowest BCUT2D eigenvalue weighted by Crippen LogP contribution is -2.41. The summed E-state index contributed by atoms with van der Waals surface area (Å²) in [6, 6.07) is 4.36. The topological polar surface area (TPSA) is 70.7 Å². The second kappa shape index (κ2) is 5.58. The standard InChI is InChI=1S/C14H15F3N4O/c15-14(16,17)9-2-1-3-10(7-9)18-13(22)8-4-5-11-12(6-8)20-21-19-11/h4-6,9-10H,1-3,7H2,(H,18,22)(H,19,20,21)/t9-,10-/m1/s1. The molecule has 118 valence electrons. The summed E-state index contributed by atoms with van der Waals surface area (Å²) in [5, 5.41) is 12.9. The quantitative estimate of drug-likeness (QED) is 0.896. The highest BCUT2D eigenvalue weighted by atomic mass is 19.4. The Morgan fingerprint density at radius 3 is 2.77 bits per heavy atom. The number of halogens is 3. The number of aromatic amines is 1. The van der Waals surface area contributed by atoms with Crippen LogP contribution in [-0.4, -0.2) is 33.5 Å². The molecule has 0 unspecified atom stereocenters. The maximum Gasteiger partial charge on any atom is 0.391 e. The Labute approximate surface area is 124 Å². The van der Waals surface area contributed by atoms with Crippen molar-refractivity contribution in [1.29, 1.82) is 0 Å². The molecule has 3 rings (SSSR count). The van der Waals surface area contributed by atoms with E-state index in [9.17, 15) is 18.0 Å². The number of nitrogens with zero attached hydrogens (tertiary/aromatic N) is 2. The molecule has 1 fully saturated rings. The van der Waals surface area contributed by atoms with Gasteiger partial charge >= 0.3 is 6.18 Å². The second-order valence-electron chi connectivity index (χ2n) is 5.60. The van der Waals surface area contributed by atoms with E-state index in [0.29, 0.717) is 29.4 Å². The van der Waals surface area contributed by atoms with E-state index in [4.69, 9.17) is 0 Å². The summed E-state index contributed by atoms with van der Waals surface area (Å²) in [7, 11) is 0. The number of hydrogen-bond donors (Lipinski definition) is 2. The number of benzene rings is 1. The molecule has 1 aromatic heterocycles. The number of hydrogen-bond acceptors (Lipinski definition) is 3. The maximum atomic E-state index is 12.8. The van der Waals surface area contributed by atoms with Crippen LogP contribution >= 0.6 is 0 Å². The zero-order valence-corrected chi connectivity index (χ0v) is 11.7. The molecule has 1 heterocycles. The number of carbonyl (C=O) groups excluding carboxylic acids is 1. The molecule has 1 saturated carbocycles. The molecule has 1 aromatic carbocycles. The fourth-order valence-electron chi connectivity index (χ4n) is 2.87. The SMILES string of the molecule is O=C(N[C@@H]1CCC[C@@H](C(F)(F)F)C1)c1ccc2n[nH]nc2c1. The first-order chi connectivity index (χ1) is 10.4. The molecule has 1 amide bonds. The van der Waals surface area contributed by atoms with Gasteiger partial charge in [-0.2, -0.15) is 28.6 Å². The predicted octanol–water partition coefficient (Wildman–Crippen LogP) is 2.81. The van der Waals surface area contributed by atoms with Crippen molar-refractivity contribution < 1.29 is 18.0 Å². The van der Waals surface area contributed by atoms with Gasteiger partial charge < -0.3 is 5.32 Å². The van der Waals surface area contributed by atoms with Gasteiger partial charge in [-0.25, -0.2) is 0 Å². The molecule has 0 radical (unpaired) electrons. The van der Waals surface area contributed by atoms with Crippen LogP contribution in [0.1, 0.15) is 36.0 Å². The molecule has 2 N–H and O–H groups in total. The average molecular weight is 312 g/mol. The van der Waals surface area contributed by atoms with E-state index in [1.54, 1.807) is 18.2 Å². The van der Waals surface area contributed by atoms with Gasteiger partial charge in [0.25, 0.3) is 5.91 Å². The number of nitrogens with one attached hydrogen (secondary N) is 2. The van der Waals surface area contributed by atoms with Crippen LogP contribution in [0, 0.1) is 5.92 Å². The lowest BCUT2D eigenvalue weighted by Gasteiger charge is -2.31. The number of fused-ring (bicyclic) bond motifs is 1. The van der Waals surface area contributed by atoms with E-state index in [-0.39, 0.29) is 18.7 Å². The molecule has 0 aliphatic heterocycles. The maximum absolute atomic E-state index is 12.8. The normalized spacial score (nSPS) is 22.7. The Morgan fingerprint density at radius 2 is 2.00 bits per heavy atom. The fourth-order valence-corrected chi connectivity index (χ4v) is 2.87. The van der Waals surface area contributed by atoms with E-state index >= 15 is 0 Å². The van der Waals surface area contributed by atoms with Crippen molar-refractivity contribution in [3.8, 4) is 0 Å². The highest BCUT2D eigenvalue weighted by molar-refractivity contribution is 5.97. The van der Waals surface area contributed by atoms with Crippen molar-refractivity contribution in [2.24, 2.45) is 5.92 Å². The summed E-state index contributed by atoms with van der Waals surface area (Å²) in [6.45, 7) is 0. The van der Waals surface area contributed by atoms with Gasteiger partial charge in [0.1, 0.15) is 11.0 Å². The summed E-state index contributed by atoms with van der Waals surface area (Å²) in [6.07, 6.45) is -3.06. The van der Waals surface area contributed by atoms with E-state index in [2.05, 4.69) is 20.7 Å². The second-order valence-corrected chi connectivity index (χ2v) is 5.60. The lowest BCUT2D eigenvalue weighted by atomic mass is 9.85. The first kappa shape index (κ1) is 14.8. The molecule has 5 nitrogen and oxygen atoms in total. The number of aromatic nitrogens is 3. The van der Waals surface area contributed by atoms with Crippen LogP contribution in [0.4, 0.5) is 13.2 Å². The van der Waals surface area contributed by atoms with Crippen LogP contribution in [0.15, 0.2) is 18.2 Å². The van der Waals surface area contributed by atoms with Crippen molar-refractivity contribution in [3.05, 3.63) is 23.8 Å². The van der Waals surface area contributed by atoms with E-state index in [1.807, 2.05) is 0 Å². The first-order valence-corrected chi connectivity index (χ1v) is 7.11. The van der Waals surface area contributed by atoms with Crippen molar-refractivity contribution in [1.82, 2.24) is 20.7 Å². The van der Waals surface area contributed by atoms with Gasteiger partial charge in [-0.1, -0.05) is 6.42 Å². The Morgan fingerprint density at radius 1 is 1.23 bits per heavy atom. The van der Waals surface area contributed by atoms with Crippen molar-refractivity contribution in [3.63, 3.8) is 0 Å². The van der Waals surface area contributed by atoms with Crippen LogP contribution in [-0.2, 0) is 0 Å². The van der Waals surface area contributed by atoms with Gasteiger partial charge in [-0.05, 0) is 37.5 Å². The van der Waals surface area contributed by atoms with E-state index in [1.165, 1.54) is 0 Å². The highest BCUT2D eigenvalue weighted by Gasteiger charge is 2.42. The summed E-state index contributed by atoms with van der Waals surface area (Å²) in [5.74, 6) is -1.71. The summed E-state index contributed by atoms with van der Waals surface area (Å²) in [4.78, 5) is 12.2. The first-order valence-electron chi connectivity index (χ1n) is 7.11. The van der Waals surface area contributed by atoms with Gasteiger partial charge in [0.15, 0.2) is 0 Å². The number of alkyl halides is 3. The molecule has 0 bridgehead atoms. The van der Waals surface area contributed by atoms with Gasteiger partial charge in [-0.3, -0.25) is 4.79 Å². The fraction of sp³-hybridized carbons (Fsp3) is 0.500. The molecule has 2 atom stereocenters. The largest absolute Gasteiger partial charge is 0.391 e. The van der Waals surface area contributed by atoms with Crippen LogP contribution in [0.25, 0.3) is 11.0 Å². The van der Waals surface area contributed by atoms with E-state index in [0.717, 1.165) is 0 Å². The molecule has 0 spiro atoms. The Kier molecular flexibility index (Phi) is 3.76. The Hall–Kier alpha value is -2.12.